The van der Waals surface area contributed by atoms with Crippen molar-refractivity contribution >= 4 is 22.6 Å². The highest BCUT2D eigenvalue weighted by atomic mass is 35.5. The van der Waals surface area contributed by atoms with E-state index in [4.69, 9.17) is 11.6 Å². The number of benzene rings is 2. The van der Waals surface area contributed by atoms with Gasteiger partial charge in [0.2, 0.25) is 0 Å². The van der Waals surface area contributed by atoms with Gasteiger partial charge in [0.1, 0.15) is 11.6 Å². The molecule has 0 saturated carbocycles. The summed E-state index contributed by atoms with van der Waals surface area (Å²) in [7, 11) is 0. The van der Waals surface area contributed by atoms with Crippen LogP contribution in [0.25, 0.3) is 16.7 Å². The van der Waals surface area contributed by atoms with E-state index < -0.39 is 0 Å². The monoisotopic (exact) mass is 302 g/mol. The van der Waals surface area contributed by atoms with Crippen molar-refractivity contribution in [2.45, 2.75) is 26.1 Å². The number of hydrogen-bond donors (Lipinski definition) is 0. The molecule has 21 heavy (non-hydrogen) atoms. The topological polar surface area (TPSA) is 17.8 Å². The lowest BCUT2D eigenvalue weighted by molar-refractivity contribution is 0.629. The van der Waals surface area contributed by atoms with Crippen LogP contribution in [0.5, 0.6) is 0 Å². The zero-order chi connectivity index (χ0) is 15.1. The fourth-order valence-corrected chi connectivity index (χ4v) is 2.79. The van der Waals surface area contributed by atoms with Gasteiger partial charge in [0, 0.05) is 6.07 Å². The van der Waals surface area contributed by atoms with Crippen molar-refractivity contribution in [3.05, 3.63) is 59.2 Å². The number of aryl methyl sites for hydroxylation is 2. The van der Waals surface area contributed by atoms with Crippen LogP contribution in [0.1, 0.15) is 29.3 Å². The summed E-state index contributed by atoms with van der Waals surface area (Å²) in [5.74, 6) is 0.436. The Morgan fingerprint density at radius 2 is 1.90 bits per heavy atom. The van der Waals surface area contributed by atoms with E-state index in [2.05, 4.69) is 37.0 Å². The van der Waals surface area contributed by atoms with Crippen molar-refractivity contribution in [2.24, 2.45) is 0 Å². The van der Waals surface area contributed by atoms with Crippen LogP contribution < -0.4 is 0 Å². The zero-order valence-corrected chi connectivity index (χ0v) is 12.9. The normalized spacial score (nSPS) is 12.8. The Labute approximate surface area is 128 Å². The van der Waals surface area contributed by atoms with E-state index in [9.17, 15) is 4.39 Å². The van der Waals surface area contributed by atoms with Gasteiger partial charge in [-0.2, -0.15) is 0 Å². The minimum absolute atomic E-state index is 0.263. The fraction of sp³-hybridized carbons (Fsp3) is 0.235. The molecule has 1 heterocycles. The first-order valence-electron chi connectivity index (χ1n) is 6.87. The van der Waals surface area contributed by atoms with Gasteiger partial charge in [0.25, 0.3) is 0 Å². The molecule has 0 bridgehead atoms. The summed E-state index contributed by atoms with van der Waals surface area (Å²) in [6.45, 7) is 5.99. The first-order valence-corrected chi connectivity index (χ1v) is 7.30. The molecule has 4 heteroatoms. The summed E-state index contributed by atoms with van der Waals surface area (Å²) in [6.07, 6.45) is 0. The van der Waals surface area contributed by atoms with Crippen LogP contribution in [0.4, 0.5) is 4.39 Å². The molecule has 0 saturated heterocycles. The van der Waals surface area contributed by atoms with Crippen molar-refractivity contribution in [1.82, 2.24) is 9.55 Å². The van der Waals surface area contributed by atoms with Crippen LogP contribution in [-0.2, 0) is 0 Å². The van der Waals surface area contributed by atoms with E-state index in [0.29, 0.717) is 5.52 Å². The van der Waals surface area contributed by atoms with Gasteiger partial charge in [0.05, 0.1) is 22.1 Å². The standard InChI is InChI=1S/C17H16ClFN2/c1-10-4-6-15(11(2)8-10)21-16-7-5-13(19)9-14(16)20-17(21)12(3)18/h4-9,12H,1-3H3. The molecular weight excluding hydrogens is 287 g/mol. The van der Waals surface area contributed by atoms with Crippen LogP contribution in [0.2, 0.25) is 0 Å². The second-order valence-electron chi connectivity index (χ2n) is 5.34. The van der Waals surface area contributed by atoms with Crippen molar-refractivity contribution in [3.8, 4) is 5.69 Å². The van der Waals surface area contributed by atoms with Gasteiger partial charge >= 0.3 is 0 Å². The molecule has 0 aliphatic rings. The van der Waals surface area contributed by atoms with Gasteiger partial charge in [-0.25, -0.2) is 9.37 Å². The molecular formula is C17H16ClFN2. The summed E-state index contributed by atoms with van der Waals surface area (Å²) >= 11 is 6.28. The van der Waals surface area contributed by atoms with Gasteiger partial charge in [-0.3, -0.25) is 4.57 Å². The van der Waals surface area contributed by atoms with Crippen LogP contribution in [0.15, 0.2) is 36.4 Å². The fourth-order valence-electron chi connectivity index (χ4n) is 2.65. The summed E-state index contributed by atoms with van der Waals surface area (Å²) in [5, 5.41) is -0.263. The third kappa shape index (κ3) is 2.42. The molecule has 1 unspecified atom stereocenters. The van der Waals surface area contributed by atoms with Gasteiger partial charge in [-0.05, 0) is 44.5 Å². The first kappa shape index (κ1) is 14.1. The van der Waals surface area contributed by atoms with Crippen molar-refractivity contribution in [2.75, 3.05) is 0 Å². The molecule has 0 aliphatic carbocycles. The van der Waals surface area contributed by atoms with Gasteiger partial charge < -0.3 is 0 Å². The van der Waals surface area contributed by atoms with Crippen molar-refractivity contribution in [3.63, 3.8) is 0 Å². The average molecular weight is 303 g/mol. The third-order valence-electron chi connectivity index (χ3n) is 3.59. The van der Waals surface area contributed by atoms with E-state index in [-0.39, 0.29) is 11.2 Å². The molecule has 3 rings (SSSR count). The summed E-state index contributed by atoms with van der Waals surface area (Å²) in [5.41, 5.74) is 4.85. The third-order valence-corrected chi connectivity index (χ3v) is 3.79. The largest absolute Gasteiger partial charge is 0.295 e. The molecule has 0 amide bonds. The number of alkyl halides is 1. The van der Waals surface area contributed by atoms with E-state index >= 15 is 0 Å². The van der Waals surface area contributed by atoms with Crippen LogP contribution >= 0.6 is 11.6 Å². The average Bonchev–Trinajstić information content (AvgIpc) is 2.77. The van der Waals surface area contributed by atoms with E-state index in [1.54, 1.807) is 6.07 Å². The number of fused-ring (bicyclic) bond motifs is 1. The molecule has 0 aliphatic heterocycles. The number of nitrogens with zero attached hydrogens (tertiary/aromatic N) is 2. The van der Waals surface area contributed by atoms with E-state index in [1.807, 2.05) is 11.5 Å². The number of halogens is 2. The maximum absolute atomic E-state index is 13.4. The molecule has 0 spiro atoms. The maximum atomic E-state index is 13.4. The first-order chi connectivity index (χ1) is 9.97. The predicted octanol–water partition coefficient (Wildman–Crippen LogP) is 5.08. The lowest BCUT2D eigenvalue weighted by Crippen LogP contribution is -2.04. The molecule has 2 aromatic carbocycles. The molecule has 3 aromatic rings. The molecule has 0 fully saturated rings. The lowest BCUT2D eigenvalue weighted by atomic mass is 10.1. The van der Waals surface area contributed by atoms with E-state index in [1.165, 1.54) is 17.7 Å². The van der Waals surface area contributed by atoms with E-state index in [0.717, 1.165) is 22.6 Å². The molecule has 1 aromatic heterocycles. The summed E-state index contributed by atoms with van der Waals surface area (Å²) in [6, 6.07) is 10.9. The minimum atomic E-state index is -0.290. The Morgan fingerprint density at radius 1 is 1.14 bits per heavy atom. The Balaban J connectivity index is 2.36. The van der Waals surface area contributed by atoms with Gasteiger partial charge in [0.15, 0.2) is 0 Å². The van der Waals surface area contributed by atoms with Gasteiger partial charge in [-0.15, -0.1) is 11.6 Å². The number of rotatable bonds is 2. The number of imidazole rings is 1. The SMILES string of the molecule is Cc1ccc(-n2c(C(C)Cl)nc3cc(F)ccc32)c(C)c1. The predicted molar refractivity (Wildman–Crippen MR) is 84.8 cm³/mol. The second kappa shape index (κ2) is 5.15. The smallest absolute Gasteiger partial charge is 0.132 e. The Morgan fingerprint density at radius 3 is 2.57 bits per heavy atom. The second-order valence-corrected chi connectivity index (χ2v) is 6.00. The van der Waals surface area contributed by atoms with Crippen LogP contribution in [0.3, 0.4) is 0 Å². The zero-order valence-electron chi connectivity index (χ0n) is 12.2. The quantitative estimate of drug-likeness (QED) is 0.604. The molecule has 1 atom stereocenters. The highest BCUT2D eigenvalue weighted by Crippen LogP contribution is 2.30. The number of hydrogen-bond acceptors (Lipinski definition) is 1. The van der Waals surface area contributed by atoms with Crippen molar-refractivity contribution in [1.29, 1.82) is 0 Å². The Hall–Kier alpha value is -1.87. The molecule has 108 valence electrons. The Bertz CT molecular complexity index is 821. The molecule has 0 N–H and O–H groups in total. The Kier molecular flexibility index (Phi) is 3.46. The van der Waals surface area contributed by atoms with Crippen LogP contribution in [0, 0.1) is 19.7 Å². The lowest BCUT2D eigenvalue weighted by Gasteiger charge is -2.14. The van der Waals surface area contributed by atoms with Crippen LogP contribution in [-0.4, -0.2) is 9.55 Å². The molecule has 2 nitrogen and oxygen atoms in total. The van der Waals surface area contributed by atoms with Gasteiger partial charge in [-0.1, -0.05) is 17.7 Å². The molecule has 0 radical (unpaired) electrons. The van der Waals surface area contributed by atoms with Crippen molar-refractivity contribution < 1.29 is 4.39 Å². The maximum Gasteiger partial charge on any atom is 0.132 e. The summed E-state index contributed by atoms with van der Waals surface area (Å²) in [4.78, 5) is 4.50. The minimum Gasteiger partial charge on any atom is -0.295 e. The highest BCUT2D eigenvalue weighted by Gasteiger charge is 2.17. The number of aromatic nitrogens is 2. The highest BCUT2D eigenvalue weighted by molar-refractivity contribution is 6.20. The summed E-state index contributed by atoms with van der Waals surface area (Å²) < 4.78 is 15.4.